The van der Waals surface area contributed by atoms with Crippen molar-refractivity contribution in [3.05, 3.63) is 24.3 Å². The van der Waals surface area contributed by atoms with Crippen molar-refractivity contribution in [1.82, 2.24) is 14.9 Å². The molecule has 2 aliphatic rings. The molecule has 1 aromatic rings. The minimum Gasteiger partial charge on any atom is -0.497 e. The Balaban J connectivity index is 1.42. The van der Waals surface area contributed by atoms with Gasteiger partial charge in [0.1, 0.15) is 11.8 Å². The molecule has 32 heavy (non-hydrogen) atoms. The molecule has 1 atom stereocenters. The van der Waals surface area contributed by atoms with Crippen molar-refractivity contribution < 1.29 is 27.5 Å². The number of hydrogen-bond acceptors (Lipinski definition) is 6. The maximum absolute atomic E-state index is 12.6. The van der Waals surface area contributed by atoms with Gasteiger partial charge in [-0.15, -0.1) is 0 Å². The van der Waals surface area contributed by atoms with E-state index in [2.05, 4.69) is 10.0 Å². The molecule has 0 spiro atoms. The van der Waals surface area contributed by atoms with E-state index in [9.17, 15) is 18.0 Å². The number of methoxy groups -OCH3 is 1. The van der Waals surface area contributed by atoms with Crippen LogP contribution in [-0.2, 0) is 24.3 Å². The predicted molar refractivity (Wildman–Crippen MR) is 119 cm³/mol. The summed E-state index contributed by atoms with van der Waals surface area (Å²) in [5, 5.41) is 2.86. The smallest absolute Gasteiger partial charge is 0.245 e. The van der Waals surface area contributed by atoms with Gasteiger partial charge in [-0.25, -0.2) is 13.1 Å². The normalized spacial score (nSPS) is 22.8. The van der Waals surface area contributed by atoms with Gasteiger partial charge in [0.25, 0.3) is 0 Å². The molecule has 0 unspecified atom stereocenters. The monoisotopic (exact) mass is 467 g/mol. The summed E-state index contributed by atoms with van der Waals surface area (Å²) >= 11 is 0. The lowest BCUT2D eigenvalue weighted by atomic mass is 9.81. The van der Waals surface area contributed by atoms with Crippen LogP contribution in [0.3, 0.4) is 0 Å². The van der Waals surface area contributed by atoms with E-state index in [-0.39, 0.29) is 28.5 Å². The van der Waals surface area contributed by atoms with E-state index in [0.717, 1.165) is 12.8 Å². The predicted octanol–water partition coefficient (Wildman–Crippen LogP) is 1.14. The van der Waals surface area contributed by atoms with Crippen molar-refractivity contribution in [3.8, 4) is 5.75 Å². The van der Waals surface area contributed by atoms with E-state index < -0.39 is 16.1 Å². The van der Waals surface area contributed by atoms with Crippen LogP contribution in [0.5, 0.6) is 5.75 Å². The van der Waals surface area contributed by atoms with Gasteiger partial charge < -0.3 is 19.7 Å². The molecule has 10 heteroatoms. The molecular weight excluding hydrogens is 434 g/mol. The SMILES string of the molecule is COc1ccc(S(=O)(=O)NCC2CCC(C(=O)N[C@@H](C)C(=O)N3CCOCC3)CC2)cc1. The number of carbonyl (C=O) groups is 2. The zero-order valence-electron chi connectivity index (χ0n) is 18.7. The topological polar surface area (TPSA) is 114 Å². The maximum Gasteiger partial charge on any atom is 0.245 e. The van der Waals surface area contributed by atoms with E-state index in [1.165, 1.54) is 19.2 Å². The number of nitrogens with one attached hydrogen (secondary N) is 2. The van der Waals surface area contributed by atoms with Gasteiger partial charge >= 0.3 is 0 Å². The summed E-state index contributed by atoms with van der Waals surface area (Å²) in [5.74, 6) is 0.449. The summed E-state index contributed by atoms with van der Waals surface area (Å²) < 4.78 is 38.0. The lowest BCUT2D eigenvalue weighted by Crippen LogP contribution is -2.51. The van der Waals surface area contributed by atoms with Gasteiger partial charge in [0.2, 0.25) is 21.8 Å². The van der Waals surface area contributed by atoms with Gasteiger partial charge in [0.15, 0.2) is 0 Å². The minimum absolute atomic E-state index is 0.0803. The number of carbonyl (C=O) groups excluding carboxylic acids is 2. The molecule has 1 saturated heterocycles. The van der Waals surface area contributed by atoms with Crippen molar-refractivity contribution in [2.24, 2.45) is 11.8 Å². The highest BCUT2D eigenvalue weighted by atomic mass is 32.2. The zero-order chi connectivity index (χ0) is 23.1. The molecule has 178 valence electrons. The lowest BCUT2D eigenvalue weighted by molar-refractivity contribution is -0.140. The van der Waals surface area contributed by atoms with Crippen molar-refractivity contribution in [1.29, 1.82) is 0 Å². The summed E-state index contributed by atoms with van der Waals surface area (Å²) in [5.41, 5.74) is 0. The molecule has 2 fully saturated rings. The fourth-order valence-electron chi connectivity index (χ4n) is 4.15. The molecule has 1 aliphatic carbocycles. The first-order valence-electron chi connectivity index (χ1n) is 11.1. The Morgan fingerprint density at radius 2 is 1.75 bits per heavy atom. The molecule has 3 rings (SSSR count). The molecule has 1 aromatic carbocycles. The molecule has 1 saturated carbocycles. The Bertz CT molecular complexity index is 875. The summed E-state index contributed by atoms with van der Waals surface area (Å²) in [6, 6.07) is 5.70. The molecule has 1 heterocycles. The van der Waals surface area contributed by atoms with Crippen LogP contribution in [0.4, 0.5) is 0 Å². The summed E-state index contributed by atoms with van der Waals surface area (Å²) in [7, 11) is -2.06. The molecule has 0 bridgehead atoms. The van der Waals surface area contributed by atoms with Gasteiger partial charge in [-0.05, 0) is 62.8 Å². The van der Waals surface area contributed by atoms with Crippen LogP contribution in [0.15, 0.2) is 29.2 Å². The molecule has 0 aromatic heterocycles. The average molecular weight is 468 g/mol. The van der Waals surface area contributed by atoms with Crippen LogP contribution >= 0.6 is 0 Å². The van der Waals surface area contributed by atoms with E-state index in [1.54, 1.807) is 24.0 Å². The van der Waals surface area contributed by atoms with Crippen LogP contribution in [0.1, 0.15) is 32.6 Å². The second-order valence-electron chi connectivity index (χ2n) is 8.41. The van der Waals surface area contributed by atoms with Crippen LogP contribution in [0.25, 0.3) is 0 Å². The van der Waals surface area contributed by atoms with Gasteiger partial charge in [-0.1, -0.05) is 0 Å². The summed E-state index contributed by atoms with van der Waals surface area (Å²) in [6.07, 6.45) is 2.88. The number of hydrogen-bond donors (Lipinski definition) is 2. The highest BCUT2D eigenvalue weighted by molar-refractivity contribution is 7.89. The Hall–Kier alpha value is -2.17. The van der Waals surface area contributed by atoms with Crippen LogP contribution < -0.4 is 14.8 Å². The average Bonchev–Trinajstić information content (AvgIpc) is 2.83. The Morgan fingerprint density at radius 3 is 2.34 bits per heavy atom. The maximum atomic E-state index is 12.6. The van der Waals surface area contributed by atoms with Crippen molar-refractivity contribution in [3.63, 3.8) is 0 Å². The second kappa shape index (κ2) is 11.1. The van der Waals surface area contributed by atoms with Gasteiger partial charge in [-0.2, -0.15) is 0 Å². The second-order valence-corrected chi connectivity index (χ2v) is 10.2. The van der Waals surface area contributed by atoms with Gasteiger partial charge in [-0.3, -0.25) is 9.59 Å². The third-order valence-electron chi connectivity index (χ3n) is 6.20. The quantitative estimate of drug-likeness (QED) is 0.593. The summed E-state index contributed by atoms with van der Waals surface area (Å²) in [6.45, 7) is 4.22. The molecule has 2 N–H and O–H groups in total. The van der Waals surface area contributed by atoms with Crippen molar-refractivity contribution in [2.75, 3.05) is 40.0 Å². The molecule has 0 radical (unpaired) electrons. The highest BCUT2D eigenvalue weighted by Gasteiger charge is 2.30. The molecule has 2 amide bonds. The Labute approximate surface area is 189 Å². The number of morpholine rings is 1. The number of ether oxygens (including phenoxy) is 2. The first-order chi connectivity index (χ1) is 15.3. The van der Waals surface area contributed by atoms with Crippen molar-refractivity contribution >= 4 is 21.8 Å². The van der Waals surface area contributed by atoms with E-state index in [1.807, 2.05) is 0 Å². The third-order valence-corrected chi connectivity index (χ3v) is 7.64. The number of nitrogens with zero attached hydrogens (tertiary/aromatic N) is 1. The van der Waals surface area contributed by atoms with Gasteiger partial charge in [0, 0.05) is 25.6 Å². The number of rotatable bonds is 8. The Morgan fingerprint density at radius 1 is 1.12 bits per heavy atom. The summed E-state index contributed by atoms with van der Waals surface area (Å²) in [4.78, 5) is 27.0. The number of sulfonamides is 1. The third kappa shape index (κ3) is 6.43. The van der Waals surface area contributed by atoms with E-state index in [4.69, 9.17) is 9.47 Å². The fraction of sp³-hybridized carbons (Fsp3) is 0.636. The molecule has 1 aliphatic heterocycles. The number of amides is 2. The molecule has 9 nitrogen and oxygen atoms in total. The van der Waals surface area contributed by atoms with Gasteiger partial charge in [0.05, 0.1) is 25.2 Å². The van der Waals surface area contributed by atoms with Crippen molar-refractivity contribution in [2.45, 2.75) is 43.5 Å². The van der Waals surface area contributed by atoms with Crippen LogP contribution in [-0.4, -0.2) is 71.1 Å². The standard InChI is InChI=1S/C22H33N3O6S/c1-16(22(27)25-11-13-31-14-12-25)24-21(26)18-5-3-17(4-6-18)15-23-32(28,29)20-9-7-19(30-2)8-10-20/h7-10,16-18,23H,3-6,11-15H2,1-2H3,(H,24,26)/t16-,17?,18?/m0/s1. The first-order valence-corrected chi connectivity index (χ1v) is 12.6. The Kier molecular flexibility index (Phi) is 8.50. The van der Waals surface area contributed by atoms with Crippen LogP contribution in [0, 0.1) is 11.8 Å². The largest absolute Gasteiger partial charge is 0.497 e. The fourth-order valence-corrected chi connectivity index (χ4v) is 5.26. The van der Waals surface area contributed by atoms with E-state index in [0.29, 0.717) is 51.4 Å². The zero-order valence-corrected chi connectivity index (χ0v) is 19.5. The number of benzene rings is 1. The highest BCUT2D eigenvalue weighted by Crippen LogP contribution is 2.29. The molecular formula is C22H33N3O6S. The lowest BCUT2D eigenvalue weighted by Gasteiger charge is -2.31. The first kappa shape index (κ1) is 24.5. The van der Waals surface area contributed by atoms with Crippen LogP contribution in [0.2, 0.25) is 0 Å². The van der Waals surface area contributed by atoms with E-state index >= 15 is 0 Å². The minimum atomic E-state index is -3.59.